The number of ether oxygens (including phenoxy) is 4. The van der Waals surface area contributed by atoms with E-state index in [1.807, 2.05) is 4.90 Å². The van der Waals surface area contributed by atoms with E-state index < -0.39 is 12.1 Å². The Hall–Kier alpha value is -3.55. The maximum absolute atomic E-state index is 12.6. The number of rotatable bonds is 18. The molecular formula is C35H49NO7. The molecule has 1 aliphatic rings. The summed E-state index contributed by atoms with van der Waals surface area (Å²) < 4.78 is 22.0. The van der Waals surface area contributed by atoms with Crippen molar-refractivity contribution in [2.45, 2.75) is 110 Å². The molecule has 2 aromatic rings. The summed E-state index contributed by atoms with van der Waals surface area (Å²) in [6.07, 6.45) is 13.8. The molecule has 8 nitrogen and oxygen atoms in total. The van der Waals surface area contributed by atoms with Crippen molar-refractivity contribution in [2.24, 2.45) is 0 Å². The Morgan fingerprint density at radius 3 is 1.84 bits per heavy atom. The number of esters is 1. The van der Waals surface area contributed by atoms with Gasteiger partial charge in [-0.05, 0) is 61.4 Å². The highest BCUT2D eigenvalue weighted by Gasteiger charge is 2.25. The summed E-state index contributed by atoms with van der Waals surface area (Å²) in [4.78, 5) is 39.0. The van der Waals surface area contributed by atoms with Crippen molar-refractivity contribution in [3.05, 3.63) is 54.1 Å². The van der Waals surface area contributed by atoms with Gasteiger partial charge in [-0.15, -0.1) is 0 Å². The Bertz CT molecular complexity index is 1090. The lowest BCUT2D eigenvalue weighted by Crippen LogP contribution is -2.41. The van der Waals surface area contributed by atoms with Gasteiger partial charge in [0.25, 0.3) is 0 Å². The van der Waals surface area contributed by atoms with E-state index in [2.05, 4.69) is 13.8 Å². The third-order valence-electron chi connectivity index (χ3n) is 7.64. The van der Waals surface area contributed by atoms with Crippen molar-refractivity contribution in [3.63, 3.8) is 0 Å². The first-order chi connectivity index (χ1) is 21.0. The van der Waals surface area contributed by atoms with E-state index in [0.29, 0.717) is 50.3 Å². The maximum atomic E-state index is 12.6. The zero-order chi connectivity index (χ0) is 30.7. The van der Waals surface area contributed by atoms with Gasteiger partial charge >= 0.3 is 12.1 Å². The normalized spacial score (nSPS) is 13.4. The highest BCUT2D eigenvalue weighted by atomic mass is 16.7. The lowest BCUT2D eigenvalue weighted by atomic mass is 10.1. The molecule has 43 heavy (non-hydrogen) atoms. The fourth-order valence-corrected chi connectivity index (χ4v) is 5.02. The van der Waals surface area contributed by atoms with Crippen LogP contribution >= 0.6 is 0 Å². The highest BCUT2D eigenvalue weighted by molar-refractivity contribution is 5.91. The van der Waals surface area contributed by atoms with E-state index in [-0.39, 0.29) is 17.8 Å². The molecule has 1 fully saturated rings. The summed E-state index contributed by atoms with van der Waals surface area (Å²) in [5.41, 5.74) is 0.414. The van der Waals surface area contributed by atoms with Gasteiger partial charge in [0, 0.05) is 32.4 Å². The van der Waals surface area contributed by atoms with Crippen LogP contribution in [0.25, 0.3) is 0 Å². The smallest absolute Gasteiger partial charge is 0.494 e. The summed E-state index contributed by atoms with van der Waals surface area (Å²) in [5.74, 6) is 1.03. The number of hydrogen-bond donors (Lipinski definition) is 0. The van der Waals surface area contributed by atoms with Crippen LogP contribution in [0.3, 0.4) is 0 Å². The van der Waals surface area contributed by atoms with E-state index in [0.717, 1.165) is 31.4 Å². The second-order valence-corrected chi connectivity index (χ2v) is 11.2. The molecule has 0 bridgehead atoms. The average Bonchev–Trinajstić information content (AvgIpc) is 3.02. The number of carbonyl (C=O) groups excluding carboxylic acids is 3. The molecule has 0 radical (unpaired) electrons. The first-order valence-corrected chi connectivity index (χ1v) is 16.2. The predicted octanol–water partition coefficient (Wildman–Crippen LogP) is 8.51. The average molecular weight is 596 g/mol. The first kappa shape index (κ1) is 33.9. The molecule has 1 heterocycles. The Morgan fingerprint density at radius 2 is 1.21 bits per heavy atom. The Kier molecular flexibility index (Phi) is 15.5. The molecule has 0 unspecified atom stereocenters. The standard InChI is InChI=1S/C35H49NO7/c1-3-5-7-8-9-10-11-13-27-40-29-17-15-28(16-18-29)34(38)41-30-19-21-31(22-20-30)42-35(39)43-32-23-25-36(26-24-32)33(37)14-12-6-4-2/h15-22,32H,3-14,23-27H2,1-2H3. The topological polar surface area (TPSA) is 91.4 Å². The molecule has 8 heteroatoms. The quantitative estimate of drug-likeness (QED) is 0.0738. The third kappa shape index (κ3) is 13.1. The number of nitrogens with zero attached hydrogens (tertiary/aromatic N) is 1. The van der Waals surface area contributed by atoms with E-state index in [4.69, 9.17) is 18.9 Å². The van der Waals surface area contributed by atoms with E-state index in [1.54, 1.807) is 48.5 Å². The molecule has 0 aromatic heterocycles. The third-order valence-corrected chi connectivity index (χ3v) is 7.64. The lowest BCUT2D eigenvalue weighted by molar-refractivity contribution is -0.133. The van der Waals surface area contributed by atoms with Gasteiger partial charge in [0.05, 0.1) is 12.2 Å². The van der Waals surface area contributed by atoms with Gasteiger partial charge < -0.3 is 23.8 Å². The van der Waals surface area contributed by atoms with Crippen LogP contribution in [-0.4, -0.2) is 48.7 Å². The molecule has 0 N–H and O–H groups in total. The molecule has 0 aliphatic carbocycles. The summed E-state index contributed by atoms with van der Waals surface area (Å²) in [5, 5.41) is 0. The summed E-state index contributed by atoms with van der Waals surface area (Å²) in [7, 11) is 0. The Labute approximate surface area is 257 Å². The largest absolute Gasteiger partial charge is 0.514 e. The van der Waals surface area contributed by atoms with E-state index in [1.165, 1.54) is 44.9 Å². The summed E-state index contributed by atoms with van der Waals surface area (Å²) in [6, 6.07) is 13.1. The lowest BCUT2D eigenvalue weighted by Gasteiger charge is -2.31. The second-order valence-electron chi connectivity index (χ2n) is 11.2. The fourth-order valence-electron chi connectivity index (χ4n) is 5.02. The van der Waals surface area contributed by atoms with Crippen LogP contribution in [0.4, 0.5) is 4.79 Å². The number of unbranched alkanes of at least 4 members (excludes halogenated alkanes) is 9. The minimum absolute atomic E-state index is 0.172. The predicted molar refractivity (Wildman–Crippen MR) is 167 cm³/mol. The second kappa shape index (κ2) is 19.6. The fraction of sp³-hybridized carbons (Fsp3) is 0.571. The molecule has 1 saturated heterocycles. The Balaban J connectivity index is 1.32. The number of hydrogen-bond acceptors (Lipinski definition) is 7. The molecule has 1 amide bonds. The van der Waals surface area contributed by atoms with Crippen LogP contribution in [0.1, 0.15) is 114 Å². The molecular weight excluding hydrogens is 546 g/mol. The van der Waals surface area contributed by atoms with Crippen molar-refractivity contribution >= 4 is 18.0 Å². The van der Waals surface area contributed by atoms with Crippen LogP contribution in [0.5, 0.6) is 17.2 Å². The van der Waals surface area contributed by atoms with Crippen LogP contribution in [-0.2, 0) is 9.53 Å². The highest BCUT2D eigenvalue weighted by Crippen LogP contribution is 2.22. The SMILES string of the molecule is CCCCCCCCCCOc1ccc(C(=O)Oc2ccc(OC(=O)OC3CCN(C(=O)CCCCC)CC3)cc2)cc1. The van der Waals surface area contributed by atoms with Crippen molar-refractivity contribution in [2.75, 3.05) is 19.7 Å². The summed E-state index contributed by atoms with van der Waals surface area (Å²) >= 11 is 0. The van der Waals surface area contributed by atoms with Gasteiger partial charge in [0.1, 0.15) is 23.4 Å². The van der Waals surface area contributed by atoms with Gasteiger partial charge in [-0.2, -0.15) is 0 Å². The van der Waals surface area contributed by atoms with Gasteiger partial charge in [-0.1, -0.05) is 71.6 Å². The van der Waals surface area contributed by atoms with Crippen molar-refractivity contribution < 1.29 is 33.3 Å². The minimum atomic E-state index is -0.790. The van der Waals surface area contributed by atoms with Crippen molar-refractivity contribution in [1.29, 1.82) is 0 Å². The summed E-state index contributed by atoms with van der Waals surface area (Å²) in [6.45, 7) is 6.18. The van der Waals surface area contributed by atoms with Crippen molar-refractivity contribution in [3.8, 4) is 17.2 Å². The first-order valence-electron chi connectivity index (χ1n) is 16.2. The molecule has 1 aliphatic heterocycles. The number of likely N-dealkylation sites (tertiary alicyclic amines) is 1. The zero-order valence-corrected chi connectivity index (χ0v) is 26.0. The number of piperidine rings is 1. The molecule has 2 aromatic carbocycles. The van der Waals surface area contributed by atoms with Gasteiger partial charge in [-0.3, -0.25) is 4.79 Å². The van der Waals surface area contributed by atoms with Crippen LogP contribution in [0.2, 0.25) is 0 Å². The van der Waals surface area contributed by atoms with Gasteiger partial charge in [0.15, 0.2) is 0 Å². The van der Waals surface area contributed by atoms with Crippen LogP contribution in [0, 0.1) is 0 Å². The molecule has 0 spiro atoms. The number of amides is 1. The molecule has 0 saturated carbocycles. The zero-order valence-electron chi connectivity index (χ0n) is 26.0. The van der Waals surface area contributed by atoms with E-state index in [9.17, 15) is 14.4 Å². The van der Waals surface area contributed by atoms with Crippen molar-refractivity contribution in [1.82, 2.24) is 4.90 Å². The van der Waals surface area contributed by atoms with Crippen LogP contribution in [0.15, 0.2) is 48.5 Å². The molecule has 3 rings (SSSR count). The monoisotopic (exact) mass is 595 g/mol. The van der Waals surface area contributed by atoms with Gasteiger partial charge in [0.2, 0.25) is 5.91 Å². The molecule has 0 atom stereocenters. The maximum Gasteiger partial charge on any atom is 0.514 e. The van der Waals surface area contributed by atoms with E-state index >= 15 is 0 Å². The van der Waals surface area contributed by atoms with Gasteiger partial charge in [-0.25, -0.2) is 9.59 Å². The minimum Gasteiger partial charge on any atom is -0.494 e. The Morgan fingerprint density at radius 1 is 0.674 bits per heavy atom. The molecule has 236 valence electrons. The number of benzene rings is 2. The number of carbonyl (C=O) groups is 3. The van der Waals surface area contributed by atoms with Crippen LogP contribution < -0.4 is 14.2 Å².